The van der Waals surface area contributed by atoms with Gasteiger partial charge in [0.15, 0.2) is 0 Å². The lowest BCUT2D eigenvalue weighted by atomic mass is 10.0. The third-order valence-electron chi connectivity index (χ3n) is 4.76. The van der Waals surface area contributed by atoms with Crippen molar-refractivity contribution in [2.45, 2.75) is 102 Å². The molecule has 0 radical (unpaired) electrons. The van der Waals surface area contributed by atoms with Crippen molar-refractivity contribution in [3.8, 4) is 0 Å². The summed E-state index contributed by atoms with van der Waals surface area (Å²) in [6.07, 6.45) is 14.4. The molecule has 6 atom stereocenters. The third-order valence-corrected chi connectivity index (χ3v) is 4.76. The molecule has 2 fully saturated rings. The lowest BCUT2D eigenvalue weighted by molar-refractivity contribution is -0.0228. The van der Waals surface area contributed by atoms with Gasteiger partial charge < -0.3 is 14.2 Å². The number of ether oxygens (including phenoxy) is 3. The Morgan fingerprint density at radius 1 is 0.826 bits per heavy atom. The molecule has 3 heteroatoms. The van der Waals surface area contributed by atoms with Gasteiger partial charge >= 0.3 is 0 Å². The van der Waals surface area contributed by atoms with Crippen LogP contribution in [0.1, 0.15) is 65.2 Å². The van der Waals surface area contributed by atoms with Gasteiger partial charge in [0.2, 0.25) is 0 Å². The zero-order valence-corrected chi connectivity index (χ0v) is 14.9. The maximum atomic E-state index is 6.38. The van der Waals surface area contributed by atoms with Gasteiger partial charge in [-0.05, 0) is 25.7 Å². The summed E-state index contributed by atoms with van der Waals surface area (Å²) in [5.74, 6) is 0. The minimum Gasteiger partial charge on any atom is -0.374 e. The average Bonchev–Trinajstić information content (AvgIpc) is 3.41. The molecule has 0 aliphatic carbocycles. The van der Waals surface area contributed by atoms with E-state index in [0.717, 1.165) is 38.5 Å². The van der Waals surface area contributed by atoms with Crippen LogP contribution in [0.25, 0.3) is 0 Å². The Hall–Kier alpha value is -0.640. The molecule has 0 aromatic rings. The predicted molar refractivity (Wildman–Crippen MR) is 94.7 cm³/mol. The van der Waals surface area contributed by atoms with Crippen LogP contribution >= 0.6 is 0 Å². The summed E-state index contributed by atoms with van der Waals surface area (Å²) in [6, 6.07) is 0. The molecule has 2 heterocycles. The van der Waals surface area contributed by atoms with Crippen LogP contribution in [0.15, 0.2) is 25.3 Å². The largest absolute Gasteiger partial charge is 0.374 e. The Kier molecular flexibility index (Phi) is 7.81. The van der Waals surface area contributed by atoms with Gasteiger partial charge in [0.1, 0.15) is 0 Å². The molecule has 0 amide bonds. The second-order valence-electron chi connectivity index (χ2n) is 6.90. The third kappa shape index (κ3) is 6.40. The summed E-state index contributed by atoms with van der Waals surface area (Å²) in [5.41, 5.74) is 0. The first-order valence-electron chi connectivity index (χ1n) is 9.39. The van der Waals surface area contributed by atoms with Crippen molar-refractivity contribution in [2.24, 2.45) is 0 Å². The van der Waals surface area contributed by atoms with Crippen LogP contribution < -0.4 is 0 Å². The molecule has 132 valence electrons. The van der Waals surface area contributed by atoms with Crippen LogP contribution in [0.4, 0.5) is 0 Å². The van der Waals surface area contributed by atoms with E-state index in [2.05, 4.69) is 27.0 Å². The van der Waals surface area contributed by atoms with Gasteiger partial charge in [-0.2, -0.15) is 0 Å². The molecule has 2 rings (SSSR count). The lowest BCUT2D eigenvalue weighted by Crippen LogP contribution is -2.25. The minimum atomic E-state index is 0.202. The maximum absolute atomic E-state index is 6.38. The van der Waals surface area contributed by atoms with Crippen molar-refractivity contribution in [1.29, 1.82) is 0 Å². The second kappa shape index (κ2) is 9.61. The molecule has 0 aromatic carbocycles. The number of hydrogen-bond donors (Lipinski definition) is 0. The molecular weight excluding hydrogens is 288 g/mol. The Labute approximate surface area is 142 Å². The Morgan fingerprint density at radius 3 is 1.61 bits per heavy atom. The fraction of sp³-hybridized carbons (Fsp3) is 0.800. The van der Waals surface area contributed by atoms with E-state index in [4.69, 9.17) is 14.2 Å². The first-order chi connectivity index (χ1) is 11.2. The molecule has 0 aromatic heterocycles. The number of hydrogen-bond acceptors (Lipinski definition) is 3. The summed E-state index contributed by atoms with van der Waals surface area (Å²) >= 11 is 0. The fourth-order valence-corrected chi connectivity index (χ4v) is 3.43. The minimum absolute atomic E-state index is 0.202. The maximum Gasteiger partial charge on any atom is 0.0866 e. The van der Waals surface area contributed by atoms with Crippen LogP contribution in [0, 0.1) is 0 Å². The topological polar surface area (TPSA) is 34.3 Å². The fourth-order valence-electron chi connectivity index (χ4n) is 3.43. The van der Waals surface area contributed by atoms with Gasteiger partial charge in [0.25, 0.3) is 0 Å². The number of epoxide rings is 2. The highest BCUT2D eigenvalue weighted by Crippen LogP contribution is 2.35. The zero-order chi connectivity index (χ0) is 16.7. The summed E-state index contributed by atoms with van der Waals surface area (Å²) in [5, 5.41) is 0. The van der Waals surface area contributed by atoms with Crippen molar-refractivity contribution in [3.63, 3.8) is 0 Å². The van der Waals surface area contributed by atoms with Gasteiger partial charge in [-0.15, -0.1) is 13.2 Å². The van der Waals surface area contributed by atoms with E-state index in [1.54, 1.807) is 0 Å². The molecule has 0 N–H and O–H groups in total. The Bertz CT molecular complexity index is 334. The van der Waals surface area contributed by atoms with Crippen molar-refractivity contribution in [1.82, 2.24) is 0 Å². The van der Waals surface area contributed by atoms with E-state index < -0.39 is 0 Å². The van der Waals surface area contributed by atoms with Crippen molar-refractivity contribution >= 4 is 0 Å². The predicted octanol–water partition coefficient (Wildman–Crippen LogP) is 4.81. The first kappa shape index (κ1) is 18.7. The highest BCUT2D eigenvalue weighted by Gasteiger charge is 2.41. The highest BCUT2D eigenvalue weighted by atomic mass is 16.6. The quantitative estimate of drug-likeness (QED) is 0.340. The van der Waals surface area contributed by atoms with E-state index >= 15 is 0 Å². The number of rotatable bonds is 14. The molecule has 23 heavy (non-hydrogen) atoms. The van der Waals surface area contributed by atoms with Crippen molar-refractivity contribution in [3.05, 3.63) is 25.3 Å². The van der Waals surface area contributed by atoms with Crippen molar-refractivity contribution < 1.29 is 14.2 Å². The average molecular weight is 322 g/mol. The Morgan fingerprint density at radius 2 is 1.26 bits per heavy atom. The molecule has 6 unspecified atom stereocenters. The Balaban J connectivity index is 1.77. The summed E-state index contributed by atoms with van der Waals surface area (Å²) in [7, 11) is 0. The lowest BCUT2D eigenvalue weighted by Gasteiger charge is -2.23. The van der Waals surface area contributed by atoms with E-state index in [-0.39, 0.29) is 12.2 Å². The second-order valence-corrected chi connectivity index (χ2v) is 6.90. The summed E-state index contributed by atoms with van der Waals surface area (Å²) in [6.45, 7) is 12.2. The smallest absolute Gasteiger partial charge is 0.0866 e. The molecular formula is C20H34O3. The van der Waals surface area contributed by atoms with Crippen LogP contribution in [0.2, 0.25) is 0 Å². The van der Waals surface area contributed by atoms with E-state index in [1.807, 2.05) is 12.2 Å². The molecule has 2 aliphatic rings. The van der Waals surface area contributed by atoms with Crippen LogP contribution in [0.3, 0.4) is 0 Å². The van der Waals surface area contributed by atoms with Gasteiger partial charge in [0, 0.05) is 12.8 Å². The molecule has 2 saturated heterocycles. The monoisotopic (exact) mass is 322 g/mol. The van der Waals surface area contributed by atoms with Crippen LogP contribution in [0.5, 0.6) is 0 Å². The van der Waals surface area contributed by atoms with E-state index in [9.17, 15) is 0 Å². The van der Waals surface area contributed by atoms with E-state index in [1.165, 1.54) is 12.8 Å². The van der Waals surface area contributed by atoms with Crippen LogP contribution in [-0.2, 0) is 14.2 Å². The molecule has 0 spiro atoms. The summed E-state index contributed by atoms with van der Waals surface area (Å²) in [4.78, 5) is 0. The van der Waals surface area contributed by atoms with Crippen LogP contribution in [-0.4, -0.2) is 36.6 Å². The van der Waals surface area contributed by atoms with Gasteiger partial charge in [-0.1, -0.05) is 38.8 Å². The molecule has 0 bridgehead atoms. The zero-order valence-electron chi connectivity index (χ0n) is 14.9. The first-order valence-corrected chi connectivity index (χ1v) is 9.39. The van der Waals surface area contributed by atoms with Gasteiger partial charge in [-0.25, -0.2) is 0 Å². The highest BCUT2D eigenvalue weighted by molar-refractivity contribution is 4.91. The van der Waals surface area contributed by atoms with Gasteiger partial charge in [0.05, 0.1) is 36.6 Å². The van der Waals surface area contributed by atoms with Crippen molar-refractivity contribution in [2.75, 3.05) is 0 Å². The van der Waals surface area contributed by atoms with E-state index in [0.29, 0.717) is 24.4 Å². The van der Waals surface area contributed by atoms with Gasteiger partial charge in [-0.3, -0.25) is 0 Å². The standard InChI is InChI=1S/C20H34O3/c1-5-9-15(13-19-17(22-19)11-7-3)21-16(10-6-2)14-20-18(23-20)12-8-4/h5-6,15-20H,1-2,7-14H2,3-4H3. The SMILES string of the molecule is C=CCC(CC1OC1CCC)OC(CC=C)CC1OC1CCC. The molecule has 3 nitrogen and oxygen atoms in total. The molecule has 2 aliphatic heterocycles. The summed E-state index contributed by atoms with van der Waals surface area (Å²) < 4.78 is 17.9. The normalized spacial score (nSPS) is 31.4. The molecule has 0 saturated carbocycles.